The Labute approximate surface area is 97.5 Å². The van der Waals surface area contributed by atoms with Gasteiger partial charge in [0.15, 0.2) is 0 Å². The van der Waals surface area contributed by atoms with Crippen LogP contribution in [0.4, 0.5) is 5.95 Å². The molecule has 0 fully saturated rings. The SMILES string of the molecule is CC(Nc1nc2ccccc2[nH]1)c1ncn[nH]1. The molecule has 2 aromatic heterocycles. The van der Waals surface area contributed by atoms with E-state index in [1.807, 2.05) is 31.2 Å². The normalized spacial score (nSPS) is 12.8. The summed E-state index contributed by atoms with van der Waals surface area (Å²) in [5.74, 6) is 1.51. The quantitative estimate of drug-likeness (QED) is 0.639. The summed E-state index contributed by atoms with van der Waals surface area (Å²) >= 11 is 0. The average Bonchev–Trinajstić information content (AvgIpc) is 2.97. The van der Waals surface area contributed by atoms with Crippen molar-refractivity contribution in [3.63, 3.8) is 0 Å². The second-order valence-corrected chi connectivity index (χ2v) is 3.84. The molecule has 6 heteroatoms. The zero-order valence-corrected chi connectivity index (χ0v) is 9.31. The molecule has 0 bridgehead atoms. The van der Waals surface area contributed by atoms with Gasteiger partial charge in [0.1, 0.15) is 12.2 Å². The van der Waals surface area contributed by atoms with Gasteiger partial charge in [0.05, 0.1) is 17.1 Å². The monoisotopic (exact) mass is 228 g/mol. The van der Waals surface area contributed by atoms with E-state index in [9.17, 15) is 0 Å². The Morgan fingerprint density at radius 1 is 1.29 bits per heavy atom. The summed E-state index contributed by atoms with van der Waals surface area (Å²) in [6.07, 6.45) is 1.49. The Kier molecular flexibility index (Phi) is 2.25. The highest BCUT2D eigenvalue weighted by Gasteiger charge is 2.10. The van der Waals surface area contributed by atoms with E-state index < -0.39 is 0 Å². The van der Waals surface area contributed by atoms with Gasteiger partial charge in [-0.25, -0.2) is 9.97 Å². The second-order valence-electron chi connectivity index (χ2n) is 3.84. The molecule has 0 amide bonds. The van der Waals surface area contributed by atoms with Crippen LogP contribution < -0.4 is 5.32 Å². The fraction of sp³-hybridized carbons (Fsp3) is 0.182. The fourth-order valence-electron chi connectivity index (χ4n) is 1.72. The predicted molar refractivity (Wildman–Crippen MR) is 64.5 cm³/mol. The van der Waals surface area contributed by atoms with Crippen molar-refractivity contribution < 1.29 is 0 Å². The molecular weight excluding hydrogens is 216 g/mol. The van der Waals surface area contributed by atoms with Crippen LogP contribution in [0.2, 0.25) is 0 Å². The van der Waals surface area contributed by atoms with Crippen molar-refractivity contribution in [2.75, 3.05) is 5.32 Å². The van der Waals surface area contributed by atoms with Crippen molar-refractivity contribution in [3.8, 4) is 0 Å². The number of benzene rings is 1. The standard InChI is InChI=1S/C11H12N6/c1-7(10-12-6-13-17-10)14-11-15-8-4-2-3-5-9(8)16-11/h2-7H,1H3,(H,12,13,17)(H2,14,15,16). The smallest absolute Gasteiger partial charge is 0.201 e. The topological polar surface area (TPSA) is 82.3 Å². The van der Waals surface area contributed by atoms with Gasteiger partial charge in [0.2, 0.25) is 5.95 Å². The number of imidazole rings is 1. The molecule has 3 aromatic rings. The third-order valence-electron chi connectivity index (χ3n) is 2.59. The number of aromatic nitrogens is 5. The number of para-hydroxylation sites is 2. The van der Waals surface area contributed by atoms with Crippen LogP contribution >= 0.6 is 0 Å². The number of H-pyrrole nitrogens is 2. The van der Waals surface area contributed by atoms with Gasteiger partial charge in [0, 0.05) is 0 Å². The number of fused-ring (bicyclic) bond motifs is 1. The number of nitrogens with zero attached hydrogens (tertiary/aromatic N) is 3. The number of aromatic amines is 2. The molecule has 0 saturated heterocycles. The molecule has 6 nitrogen and oxygen atoms in total. The molecule has 0 saturated carbocycles. The summed E-state index contributed by atoms with van der Waals surface area (Å²) in [6.45, 7) is 1.99. The van der Waals surface area contributed by atoms with E-state index in [1.165, 1.54) is 6.33 Å². The first-order valence-electron chi connectivity index (χ1n) is 5.39. The van der Waals surface area contributed by atoms with Gasteiger partial charge in [-0.05, 0) is 19.1 Å². The molecule has 3 rings (SSSR count). The molecule has 0 radical (unpaired) electrons. The lowest BCUT2D eigenvalue weighted by atomic mass is 10.3. The van der Waals surface area contributed by atoms with Gasteiger partial charge in [-0.1, -0.05) is 12.1 Å². The van der Waals surface area contributed by atoms with E-state index in [4.69, 9.17) is 0 Å². The highest BCUT2D eigenvalue weighted by molar-refractivity contribution is 5.77. The van der Waals surface area contributed by atoms with Crippen LogP contribution in [0.15, 0.2) is 30.6 Å². The van der Waals surface area contributed by atoms with E-state index in [1.54, 1.807) is 0 Å². The fourth-order valence-corrected chi connectivity index (χ4v) is 1.72. The molecule has 0 aliphatic carbocycles. The first-order valence-corrected chi connectivity index (χ1v) is 5.39. The summed E-state index contributed by atoms with van der Waals surface area (Å²) in [5, 5.41) is 9.88. The zero-order valence-electron chi connectivity index (χ0n) is 9.31. The molecule has 17 heavy (non-hydrogen) atoms. The van der Waals surface area contributed by atoms with E-state index in [0.717, 1.165) is 22.8 Å². The van der Waals surface area contributed by atoms with Crippen LogP contribution in [0.3, 0.4) is 0 Å². The van der Waals surface area contributed by atoms with Crippen molar-refractivity contribution in [1.29, 1.82) is 0 Å². The molecule has 86 valence electrons. The highest BCUT2D eigenvalue weighted by atomic mass is 15.2. The van der Waals surface area contributed by atoms with Gasteiger partial charge < -0.3 is 10.3 Å². The van der Waals surface area contributed by atoms with Gasteiger partial charge in [0.25, 0.3) is 0 Å². The minimum Gasteiger partial charge on any atom is -0.346 e. The van der Waals surface area contributed by atoms with E-state index >= 15 is 0 Å². The lowest BCUT2D eigenvalue weighted by Gasteiger charge is -2.08. The second kappa shape index (κ2) is 3.89. The highest BCUT2D eigenvalue weighted by Crippen LogP contribution is 2.17. The van der Waals surface area contributed by atoms with Crippen molar-refractivity contribution in [2.45, 2.75) is 13.0 Å². The van der Waals surface area contributed by atoms with Crippen LogP contribution in [0, 0.1) is 0 Å². The summed E-state index contributed by atoms with van der Waals surface area (Å²) in [4.78, 5) is 11.7. The molecule has 3 N–H and O–H groups in total. The predicted octanol–water partition coefficient (Wildman–Crippen LogP) is 1.85. The largest absolute Gasteiger partial charge is 0.346 e. The van der Waals surface area contributed by atoms with E-state index in [-0.39, 0.29) is 6.04 Å². The van der Waals surface area contributed by atoms with Gasteiger partial charge in [-0.3, -0.25) is 5.10 Å². The van der Waals surface area contributed by atoms with Crippen molar-refractivity contribution in [2.24, 2.45) is 0 Å². The van der Waals surface area contributed by atoms with E-state index in [0.29, 0.717) is 0 Å². The van der Waals surface area contributed by atoms with Gasteiger partial charge >= 0.3 is 0 Å². The Morgan fingerprint density at radius 3 is 2.94 bits per heavy atom. The van der Waals surface area contributed by atoms with Crippen LogP contribution in [0.25, 0.3) is 11.0 Å². The molecule has 0 aliphatic rings. The molecule has 1 unspecified atom stereocenters. The number of anilines is 1. The molecule has 2 heterocycles. The van der Waals surface area contributed by atoms with E-state index in [2.05, 4.69) is 30.5 Å². The summed E-state index contributed by atoms with van der Waals surface area (Å²) in [5.41, 5.74) is 1.96. The molecule has 0 spiro atoms. The molecular formula is C11H12N6. The van der Waals surface area contributed by atoms with Crippen molar-refractivity contribution >= 4 is 17.0 Å². The minimum atomic E-state index is 0.0260. The number of hydrogen-bond donors (Lipinski definition) is 3. The van der Waals surface area contributed by atoms with Crippen molar-refractivity contribution in [3.05, 3.63) is 36.4 Å². The third-order valence-corrected chi connectivity index (χ3v) is 2.59. The number of hydrogen-bond acceptors (Lipinski definition) is 4. The molecule has 1 aromatic carbocycles. The van der Waals surface area contributed by atoms with Crippen LogP contribution in [-0.4, -0.2) is 25.1 Å². The molecule has 1 atom stereocenters. The first kappa shape index (κ1) is 9.83. The van der Waals surface area contributed by atoms with Crippen LogP contribution in [-0.2, 0) is 0 Å². The lowest BCUT2D eigenvalue weighted by molar-refractivity contribution is 0.787. The number of rotatable bonds is 3. The zero-order chi connectivity index (χ0) is 11.7. The number of nitrogens with one attached hydrogen (secondary N) is 3. The van der Waals surface area contributed by atoms with Crippen LogP contribution in [0.5, 0.6) is 0 Å². The maximum atomic E-state index is 4.43. The Balaban J connectivity index is 1.85. The first-order chi connectivity index (χ1) is 8.33. The van der Waals surface area contributed by atoms with Crippen LogP contribution in [0.1, 0.15) is 18.8 Å². The summed E-state index contributed by atoms with van der Waals surface area (Å²) in [7, 11) is 0. The van der Waals surface area contributed by atoms with Crippen molar-refractivity contribution in [1.82, 2.24) is 25.1 Å². The maximum Gasteiger partial charge on any atom is 0.201 e. The third kappa shape index (κ3) is 1.84. The lowest BCUT2D eigenvalue weighted by Crippen LogP contribution is -2.09. The van der Waals surface area contributed by atoms with Gasteiger partial charge in [-0.15, -0.1) is 0 Å². The molecule has 0 aliphatic heterocycles. The average molecular weight is 228 g/mol. The minimum absolute atomic E-state index is 0.0260. The summed E-state index contributed by atoms with van der Waals surface area (Å²) in [6, 6.07) is 7.93. The summed E-state index contributed by atoms with van der Waals surface area (Å²) < 4.78 is 0. The van der Waals surface area contributed by atoms with Gasteiger partial charge in [-0.2, -0.15) is 5.10 Å². The Morgan fingerprint density at radius 2 is 2.18 bits per heavy atom. The Hall–Kier alpha value is -2.37. The maximum absolute atomic E-state index is 4.43. The Bertz CT molecular complexity index is 579.